The molecule has 0 radical (unpaired) electrons. The van der Waals surface area contributed by atoms with Gasteiger partial charge in [0.05, 0.1) is 36.0 Å². The van der Waals surface area contributed by atoms with Gasteiger partial charge in [0.25, 0.3) is 0 Å². The van der Waals surface area contributed by atoms with Crippen LogP contribution < -0.4 is 15.1 Å². The molecular formula is C24H28N6O. The van der Waals surface area contributed by atoms with Gasteiger partial charge in [-0.1, -0.05) is 6.07 Å². The summed E-state index contributed by atoms with van der Waals surface area (Å²) in [5.74, 6) is 1.16. The molecule has 3 aromatic rings. The molecule has 0 bridgehead atoms. The molecule has 5 rings (SSSR count). The number of pyridine rings is 1. The predicted octanol–water partition coefficient (Wildman–Crippen LogP) is 3.94. The number of piperidine rings is 1. The molecule has 160 valence electrons. The highest BCUT2D eigenvalue weighted by Crippen LogP contribution is 2.38. The summed E-state index contributed by atoms with van der Waals surface area (Å²) in [4.78, 5) is 22.4. The average Bonchev–Trinajstić information content (AvgIpc) is 3.02. The van der Waals surface area contributed by atoms with Crippen molar-refractivity contribution in [2.75, 3.05) is 28.2 Å². The summed E-state index contributed by atoms with van der Waals surface area (Å²) in [6.07, 6.45) is 5.48. The minimum Gasteiger partial charge on any atom is -0.370 e. The van der Waals surface area contributed by atoms with Gasteiger partial charge in [-0.05, 0) is 56.5 Å². The first-order chi connectivity index (χ1) is 15.0. The van der Waals surface area contributed by atoms with Gasteiger partial charge in [-0.3, -0.25) is 14.5 Å². The van der Waals surface area contributed by atoms with Gasteiger partial charge in [-0.25, -0.2) is 0 Å². The van der Waals surface area contributed by atoms with Gasteiger partial charge in [0, 0.05) is 37.3 Å². The Bertz CT molecular complexity index is 1110. The molecule has 1 fully saturated rings. The Labute approximate surface area is 182 Å². The van der Waals surface area contributed by atoms with Crippen molar-refractivity contribution in [1.29, 1.82) is 0 Å². The maximum absolute atomic E-state index is 13.7. The molecule has 2 aromatic heterocycles. The summed E-state index contributed by atoms with van der Waals surface area (Å²) < 4.78 is 1.84. The third-order valence-electron chi connectivity index (χ3n) is 6.41. The number of rotatable bonds is 2. The quantitative estimate of drug-likeness (QED) is 0.685. The summed E-state index contributed by atoms with van der Waals surface area (Å²) in [6.45, 7) is 6.34. The molecule has 1 saturated heterocycles. The van der Waals surface area contributed by atoms with Crippen LogP contribution in [-0.2, 0) is 18.4 Å². The number of hydrogen-bond donors (Lipinski definition) is 1. The molecule has 0 saturated carbocycles. The molecule has 7 nitrogen and oxygen atoms in total. The SMILES string of the molecule is Cc1ccc2c(c1)Nc1c(cnn1C)CN2C(=O)C1CCN(c2ccc(C)nc2)CC1. The second-order valence-electron chi connectivity index (χ2n) is 8.63. The lowest BCUT2D eigenvalue weighted by molar-refractivity contribution is -0.123. The Kier molecular flexibility index (Phi) is 4.88. The first kappa shape index (κ1) is 19.6. The number of hydrogen-bond acceptors (Lipinski definition) is 5. The molecule has 2 aliphatic heterocycles. The van der Waals surface area contributed by atoms with E-state index in [1.54, 1.807) is 0 Å². The molecule has 1 amide bonds. The number of nitrogens with zero attached hydrogens (tertiary/aromatic N) is 5. The lowest BCUT2D eigenvalue weighted by Gasteiger charge is -2.35. The average molecular weight is 417 g/mol. The van der Waals surface area contributed by atoms with E-state index in [9.17, 15) is 4.79 Å². The van der Waals surface area contributed by atoms with Gasteiger partial charge in [0.2, 0.25) is 5.91 Å². The molecular weight excluding hydrogens is 388 g/mol. The molecule has 0 unspecified atom stereocenters. The summed E-state index contributed by atoms with van der Waals surface area (Å²) in [6, 6.07) is 10.4. The first-order valence-electron chi connectivity index (χ1n) is 10.9. The molecule has 7 heteroatoms. The normalized spacial score (nSPS) is 16.4. The minimum atomic E-state index is 0.0158. The van der Waals surface area contributed by atoms with Crippen LogP contribution in [0.3, 0.4) is 0 Å². The van der Waals surface area contributed by atoms with Crippen LogP contribution in [0.1, 0.15) is 29.7 Å². The van der Waals surface area contributed by atoms with Crippen LogP contribution in [0.4, 0.5) is 22.9 Å². The van der Waals surface area contributed by atoms with E-state index in [4.69, 9.17) is 0 Å². The number of anilines is 4. The number of nitrogens with one attached hydrogen (secondary N) is 1. The van der Waals surface area contributed by atoms with Gasteiger partial charge in [-0.15, -0.1) is 0 Å². The van der Waals surface area contributed by atoms with Crippen LogP contribution in [0.2, 0.25) is 0 Å². The monoisotopic (exact) mass is 416 g/mol. The van der Waals surface area contributed by atoms with Crippen molar-refractivity contribution >= 4 is 28.8 Å². The number of aryl methyl sites for hydroxylation is 3. The zero-order chi connectivity index (χ0) is 21.5. The topological polar surface area (TPSA) is 66.3 Å². The fraction of sp³-hybridized carbons (Fsp3) is 0.375. The van der Waals surface area contributed by atoms with Gasteiger partial charge >= 0.3 is 0 Å². The third kappa shape index (κ3) is 3.65. The van der Waals surface area contributed by atoms with Crippen molar-refractivity contribution in [3.63, 3.8) is 0 Å². The molecule has 4 heterocycles. The van der Waals surface area contributed by atoms with E-state index in [1.165, 1.54) is 0 Å². The summed E-state index contributed by atoms with van der Waals surface area (Å²) in [5.41, 5.74) is 6.25. The Morgan fingerprint density at radius 3 is 2.65 bits per heavy atom. The van der Waals surface area contributed by atoms with E-state index < -0.39 is 0 Å². The van der Waals surface area contributed by atoms with E-state index in [0.717, 1.165) is 65.6 Å². The summed E-state index contributed by atoms with van der Waals surface area (Å²) in [5, 5.41) is 7.90. The lowest BCUT2D eigenvalue weighted by atomic mass is 9.94. The van der Waals surface area contributed by atoms with Crippen LogP contribution >= 0.6 is 0 Å². The van der Waals surface area contributed by atoms with Crippen molar-refractivity contribution in [3.05, 3.63) is 59.5 Å². The largest absolute Gasteiger partial charge is 0.370 e. The van der Waals surface area contributed by atoms with Gasteiger partial charge in [-0.2, -0.15) is 5.10 Å². The molecule has 0 aliphatic carbocycles. The van der Waals surface area contributed by atoms with Crippen LogP contribution in [0.5, 0.6) is 0 Å². The fourth-order valence-corrected chi connectivity index (χ4v) is 4.58. The molecule has 0 spiro atoms. The third-order valence-corrected chi connectivity index (χ3v) is 6.41. The second-order valence-corrected chi connectivity index (χ2v) is 8.63. The van der Waals surface area contributed by atoms with Gasteiger partial charge in [0.1, 0.15) is 5.82 Å². The number of carbonyl (C=O) groups is 1. The standard InChI is InChI=1S/C24H28N6O/c1-16-4-7-22-21(12-16)27-23-19(13-26-28(23)3)15-30(22)24(31)18-8-10-29(11-9-18)20-6-5-17(2)25-14-20/h4-7,12-14,18,27H,8-11,15H2,1-3H3. The zero-order valence-electron chi connectivity index (χ0n) is 18.3. The van der Waals surface area contributed by atoms with E-state index in [2.05, 4.69) is 51.5 Å². The number of benzene rings is 1. The van der Waals surface area contributed by atoms with Crippen molar-refractivity contribution in [3.8, 4) is 0 Å². The summed E-state index contributed by atoms with van der Waals surface area (Å²) in [7, 11) is 1.93. The highest BCUT2D eigenvalue weighted by atomic mass is 16.2. The number of carbonyl (C=O) groups excluding carboxylic acids is 1. The van der Waals surface area contributed by atoms with E-state index >= 15 is 0 Å². The Hall–Kier alpha value is -3.35. The van der Waals surface area contributed by atoms with E-state index in [1.807, 2.05) is 42.0 Å². The maximum atomic E-state index is 13.7. The molecule has 1 N–H and O–H groups in total. The predicted molar refractivity (Wildman–Crippen MR) is 123 cm³/mol. The molecule has 2 aliphatic rings. The smallest absolute Gasteiger partial charge is 0.230 e. The fourth-order valence-electron chi connectivity index (χ4n) is 4.58. The van der Waals surface area contributed by atoms with E-state index in [0.29, 0.717) is 6.54 Å². The van der Waals surface area contributed by atoms with E-state index in [-0.39, 0.29) is 11.8 Å². The zero-order valence-corrected chi connectivity index (χ0v) is 18.3. The van der Waals surface area contributed by atoms with Crippen LogP contribution in [-0.4, -0.2) is 33.8 Å². The van der Waals surface area contributed by atoms with Crippen LogP contribution in [0.15, 0.2) is 42.7 Å². The maximum Gasteiger partial charge on any atom is 0.230 e. The summed E-state index contributed by atoms with van der Waals surface area (Å²) >= 11 is 0. The Morgan fingerprint density at radius 2 is 1.90 bits per heavy atom. The Balaban J connectivity index is 1.38. The van der Waals surface area contributed by atoms with Crippen LogP contribution in [0.25, 0.3) is 0 Å². The molecule has 31 heavy (non-hydrogen) atoms. The van der Waals surface area contributed by atoms with Crippen molar-refractivity contribution < 1.29 is 4.79 Å². The molecule has 0 atom stereocenters. The van der Waals surface area contributed by atoms with Crippen molar-refractivity contribution in [2.45, 2.75) is 33.2 Å². The number of aromatic nitrogens is 3. The Morgan fingerprint density at radius 1 is 1.10 bits per heavy atom. The molecule has 1 aromatic carbocycles. The van der Waals surface area contributed by atoms with Crippen LogP contribution in [0, 0.1) is 19.8 Å². The number of fused-ring (bicyclic) bond motifs is 2. The van der Waals surface area contributed by atoms with Crippen molar-refractivity contribution in [2.24, 2.45) is 13.0 Å². The van der Waals surface area contributed by atoms with Crippen molar-refractivity contribution in [1.82, 2.24) is 14.8 Å². The van der Waals surface area contributed by atoms with Gasteiger partial charge in [0.15, 0.2) is 0 Å². The first-order valence-corrected chi connectivity index (χ1v) is 10.9. The minimum absolute atomic E-state index is 0.0158. The lowest BCUT2D eigenvalue weighted by Crippen LogP contribution is -2.42. The second kappa shape index (κ2) is 7.72. The highest BCUT2D eigenvalue weighted by molar-refractivity contribution is 5.99. The van der Waals surface area contributed by atoms with Gasteiger partial charge < -0.3 is 15.1 Å². The highest BCUT2D eigenvalue weighted by Gasteiger charge is 2.33. The number of amides is 1.